The zero-order valence-electron chi connectivity index (χ0n) is 24.3. The van der Waals surface area contributed by atoms with Gasteiger partial charge in [-0.2, -0.15) is 0 Å². The quantitative estimate of drug-likeness (QED) is 0.218. The molecule has 5 aromatic carbocycles. The molecule has 0 saturated carbocycles. The highest BCUT2D eigenvalue weighted by Crippen LogP contribution is 2.57. The van der Waals surface area contributed by atoms with Crippen molar-refractivity contribution in [2.45, 2.75) is 26.2 Å². The lowest BCUT2D eigenvalue weighted by Gasteiger charge is -2.31. The van der Waals surface area contributed by atoms with Gasteiger partial charge in [0.25, 0.3) is 0 Å². The predicted octanol–water partition coefficient (Wildman–Crippen LogP) is 10.1. The largest absolute Gasteiger partial charge is 0.453 e. The van der Waals surface area contributed by atoms with Gasteiger partial charge < -0.3 is 4.42 Å². The normalized spacial score (nSPS) is 16.1. The van der Waals surface area contributed by atoms with E-state index in [0.717, 1.165) is 60.7 Å². The van der Waals surface area contributed by atoms with Gasteiger partial charge in [-0.05, 0) is 23.6 Å². The molecule has 8 aromatic rings. The second-order valence-electron chi connectivity index (χ2n) is 12.2. The summed E-state index contributed by atoms with van der Waals surface area (Å²) >= 11 is 0. The van der Waals surface area contributed by atoms with E-state index in [2.05, 4.69) is 128 Å². The Bertz CT molecular complexity index is 2400. The minimum absolute atomic E-state index is 0.165. The van der Waals surface area contributed by atoms with Crippen LogP contribution in [0.5, 0.6) is 0 Å². The van der Waals surface area contributed by atoms with Gasteiger partial charge in [0.05, 0.1) is 16.7 Å². The lowest BCUT2D eigenvalue weighted by Crippen LogP contribution is -2.27. The Morgan fingerprint density at radius 1 is 0.674 bits per heavy atom. The third-order valence-corrected chi connectivity index (χ3v) is 9.73. The molecular weight excluding hydrogens is 526 g/mol. The van der Waals surface area contributed by atoms with Gasteiger partial charge in [0.15, 0.2) is 5.58 Å². The van der Waals surface area contributed by atoms with Crippen molar-refractivity contribution in [1.82, 2.24) is 14.5 Å². The van der Waals surface area contributed by atoms with E-state index in [9.17, 15) is 0 Å². The zero-order chi connectivity index (χ0) is 28.9. The van der Waals surface area contributed by atoms with Crippen molar-refractivity contribution in [3.8, 4) is 28.5 Å². The van der Waals surface area contributed by atoms with E-state index >= 15 is 0 Å². The van der Waals surface area contributed by atoms with Crippen molar-refractivity contribution >= 4 is 43.7 Å². The Balaban J connectivity index is 1.44. The molecule has 3 heterocycles. The Morgan fingerprint density at radius 3 is 2.21 bits per heavy atom. The van der Waals surface area contributed by atoms with Crippen LogP contribution >= 0.6 is 0 Å². The van der Waals surface area contributed by atoms with Gasteiger partial charge in [-0.25, -0.2) is 9.97 Å². The van der Waals surface area contributed by atoms with Gasteiger partial charge in [0.2, 0.25) is 5.95 Å². The summed E-state index contributed by atoms with van der Waals surface area (Å²) in [6, 6.07) is 40.4. The van der Waals surface area contributed by atoms with Gasteiger partial charge in [0, 0.05) is 43.7 Å². The number of para-hydroxylation sites is 2. The van der Waals surface area contributed by atoms with Crippen LogP contribution in [-0.4, -0.2) is 14.5 Å². The molecule has 0 aliphatic heterocycles. The monoisotopic (exact) mass is 555 g/mol. The van der Waals surface area contributed by atoms with Gasteiger partial charge in [-0.15, -0.1) is 0 Å². The highest BCUT2D eigenvalue weighted by atomic mass is 16.3. The van der Waals surface area contributed by atoms with E-state index in [1.54, 1.807) is 0 Å². The molecule has 1 aliphatic carbocycles. The van der Waals surface area contributed by atoms with Crippen molar-refractivity contribution < 1.29 is 4.42 Å². The van der Waals surface area contributed by atoms with E-state index in [4.69, 9.17) is 14.4 Å². The first-order valence-electron chi connectivity index (χ1n) is 15.0. The van der Waals surface area contributed by atoms with Crippen LogP contribution in [0.3, 0.4) is 0 Å². The fourth-order valence-corrected chi connectivity index (χ4v) is 7.36. The van der Waals surface area contributed by atoms with Crippen LogP contribution in [-0.2, 0) is 5.41 Å². The number of nitrogens with zero attached hydrogens (tertiary/aromatic N) is 3. The van der Waals surface area contributed by atoms with Crippen molar-refractivity contribution in [2.24, 2.45) is 5.92 Å². The Hall–Kier alpha value is -5.22. The maximum Gasteiger partial charge on any atom is 0.235 e. The second kappa shape index (κ2) is 8.65. The maximum absolute atomic E-state index is 7.01. The van der Waals surface area contributed by atoms with Crippen LogP contribution in [0.4, 0.5) is 0 Å². The summed E-state index contributed by atoms with van der Waals surface area (Å²) in [5.74, 6) is 2.00. The number of fused-ring (bicyclic) bond motifs is 10. The molecule has 0 amide bonds. The van der Waals surface area contributed by atoms with Crippen LogP contribution in [0.1, 0.15) is 31.9 Å². The van der Waals surface area contributed by atoms with E-state index < -0.39 is 0 Å². The van der Waals surface area contributed by atoms with Crippen LogP contribution in [0, 0.1) is 5.92 Å². The summed E-state index contributed by atoms with van der Waals surface area (Å²) in [4.78, 5) is 10.5. The average Bonchev–Trinajstić information content (AvgIpc) is 3.68. The molecule has 1 aliphatic rings. The van der Waals surface area contributed by atoms with E-state index in [0.29, 0.717) is 11.9 Å². The number of benzene rings is 5. The maximum atomic E-state index is 7.01. The number of hydrogen-bond donors (Lipinski definition) is 0. The summed E-state index contributed by atoms with van der Waals surface area (Å²) in [6.07, 6.45) is 0. The minimum Gasteiger partial charge on any atom is -0.453 e. The third kappa shape index (κ3) is 3.15. The summed E-state index contributed by atoms with van der Waals surface area (Å²) in [5, 5.41) is 4.47. The number of furan rings is 1. The van der Waals surface area contributed by atoms with Crippen LogP contribution < -0.4 is 0 Å². The van der Waals surface area contributed by atoms with Crippen molar-refractivity contribution in [1.29, 1.82) is 0 Å². The molecule has 9 rings (SSSR count). The van der Waals surface area contributed by atoms with Gasteiger partial charge >= 0.3 is 0 Å². The molecule has 206 valence electrons. The average molecular weight is 556 g/mol. The fraction of sp³-hybridized carbons (Fsp3) is 0.128. The SMILES string of the molecule is CC(C)C1(C)c2ccccc2-c2oc3c(ccc4c5ccccc5n(-c5nc(-c6ccccc6)c6ccccc6n5)c43)c21. The molecule has 4 nitrogen and oxygen atoms in total. The van der Waals surface area contributed by atoms with Crippen molar-refractivity contribution in [3.05, 3.63) is 126 Å². The Morgan fingerprint density at radius 2 is 1.37 bits per heavy atom. The molecule has 1 atom stereocenters. The minimum atomic E-state index is -0.165. The molecule has 0 fully saturated rings. The Labute approximate surface area is 249 Å². The number of rotatable bonds is 3. The van der Waals surface area contributed by atoms with E-state index in [-0.39, 0.29) is 5.41 Å². The smallest absolute Gasteiger partial charge is 0.235 e. The van der Waals surface area contributed by atoms with Crippen LogP contribution in [0.2, 0.25) is 0 Å². The van der Waals surface area contributed by atoms with Crippen molar-refractivity contribution in [3.63, 3.8) is 0 Å². The van der Waals surface area contributed by atoms with Crippen molar-refractivity contribution in [2.75, 3.05) is 0 Å². The first kappa shape index (κ1) is 24.4. The van der Waals surface area contributed by atoms with Gasteiger partial charge in [-0.3, -0.25) is 4.57 Å². The first-order valence-corrected chi connectivity index (χ1v) is 15.0. The molecule has 0 saturated heterocycles. The van der Waals surface area contributed by atoms with Crippen LogP contribution in [0.25, 0.3) is 72.2 Å². The topological polar surface area (TPSA) is 43.9 Å². The molecule has 3 aromatic heterocycles. The molecule has 1 unspecified atom stereocenters. The molecule has 0 radical (unpaired) electrons. The zero-order valence-corrected chi connectivity index (χ0v) is 24.3. The second-order valence-corrected chi connectivity index (χ2v) is 12.2. The highest BCUT2D eigenvalue weighted by molar-refractivity contribution is 6.18. The fourth-order valence-electron chi connectivity index (χ4n) is 7.36. The summed E-state index contributed by atoms with van der Waals surface area (Å²) in [6.45, 7) is 7.00. The lowest BCUT2D eigenvalue weighted by atomic mass is 9.71. The third-order valence-electron chi connectivity index (χ3n) is 9.73. The standard InChI is InChI=1S/C39H29N3O/c1-23(2)39(3)30-18-10-7-16-27(30)36-33(39)29-22-21-26-25-15-9-12-20-32(25)42(35(26)37(29)43-36)38-40-31-19-11-8-17-28(31)34(41-38)24-13-5-4-6-14-24/h4-23H,1-3H3. The molecule has 0 N–H and O–H groups in total. The first-order chi connectivity index (χ1) is 21.1. The molecule has 0 bridgehead atoms. The molecule has 4 heteroatoms. The summed E-state index contributed by atoms with van der Waals surface area (Å²) in [5.41, 5.74) is 9.49. The number of hydrogen-bond acceptors (Lipinski definition) is 3. The van der Waals surface area contributed by atoms with Gasteiger partial charge in [0.1, 0.15) is 11.3 Å². The van der Waals surface area contributed by atoms with Crippen LogP contribution in [0.15, 0.2) is 120 Å². The molecular formula is C39H29N3O. The predicted molar refractivity (Wildman–Crippen MR) is 176 cm³/mol. The van der Waals surface area contributed by atoms with Gasteiger partial charge in [-0.1, -0.05) is 124 Å². The molecule has 43 heavy (non-hydrogen) atoms. The van der Waals surface area contributed by atoms with E-state index in [1.807, 2.05) is 12.1 Å². The molecule has 0 spiro atoms. The number of aromatic nitrogens is 3. The summed E-state index contributed by atoms with van der Waals surface area (Å²) in [7, 11) is 0. The Kier molecular flexibility index (Phi) is 4.91. The summed E-state index contributed by atoms with van der Waals surface area (Å²) < 4.78 is 9.23. The lowest BCUT2D eigenvalue weighted by molar-refractivity contribution is 0.416. The highest BCUT2D eigenvalue weighted by Gasteiger charge is 2.45. The van der Waals surface area contributed by atoms with E-state index in [1.165, 1.54) is 16.7 Å².